The molecule has 0 unspecified atom stereocenters. The summed E-state index contributed by atoms with van der Waals surface area (Å²) >= 11 is 5.39. The third-order valence-corrected chi connectivity index (χ3v) is 4.95. The van der Waals surface area contributed by atoms with Crippen molar-refractivity contribution in [3.63, 3.8) is 0 Å². The third-order valence-electron chi connectivity index (χ3n) is 4.69. The zero-order chi connectivity index (χ0) is 18.9. The van der Waals surface area contributed by atoms with Gasteiger partial charge in [0, 0.05) is 23.5 Å². The van der Waals surface area contributed by atoms with E-state index in [1.165, 1.54) is 10.8 Å². The van der Waals surface area contributed by atoms with Gasteiger partial charge in [0.25, 0.3) is 0 Å². The van der Waals surface area contributed by atoms with E-state index in [9.17, 15) is 0 Å². The van der Waals surface area contributed by atoms with Crippen molar-refractivity contribution >= 4 is 40.0 Å². The normalized spacial score (nSPS) is 11.6. The number of hydrogen-bond acceptors (Lipinski definition) is 4. The van der Waals surface area contributed by atoms with Gasteiger partial charge in [-0.2, -0.15) is 14.9 Å². The van der Waals surface area contributed by atoms with Crippen LogP contribution in [-0.4, -0.2) is 26.1 Å². The Hall–Kier alpha value is -3.64. The Morgan fingerprint density at radius 2 is 1.64 bits per heavy atom. The summed E-state index contributed by atoms with van der Waals surface area (Å²) in [6, 6.07) is 22.6. The second-order valence-corrected chi connectivity index (χ2v) is 6.77. The van der Waals surface area contributed by atoms with Crippen molar-refractivity contribution in [3.8, 4) is 11.4 Å². The molecular weight excluding hydrogens is 366 g/mol. The third kappa shape index (κ3) is 2.80. The van der Waals surface area contributed by atoms with Crippen LogP contribution in [0.3, 0.4) is 0 Å². The van der Waals surface area contributed by atoms with Crippen LogP contribution in [0.25, 0.3) is 32.9 Å². The molecule has 0 amide bonds. The maximum Gasteiger partial charge on any atom is 0.216 e. The fourth-order valence-corrected chi connectivity index (χ4v) is 3.56. The van der Waals surface area contributed by atoms with Crippen LogP contribution >= 0.6 is 12.2 Å². The highest BCUT2D eigenvalue weighted by Gasteiger charge is 2.09. The Morgan fingerprint density at radius 1 is 0.929 bits per heavy atom. The van der Waals surface area contributed by atoms with E-state index in [1.807, 2.05) is 42.6 Å². The lowest BCUT2D eigenvalue weighted by Crippen LogP contribution is -1.96. The van der Waals surface area contributed by atoms with Gasteiger partial charge in [-0.15, -0.1) is 0 Å². The second kappa shape index (κ2) is 6.83. The topological polar surface area (TPSA) is 58.9 Å². The number of rotatable bonds is 3. The Bertz CT molecular complexity index is 1330. The minimum absolute atomic E-state index is 0.430. The van der Waals surface area contributed by atoms with Gasteiger partial charge in [0.15, 0.2) is 5.82 Å². The van der Waals surface area contributed by atoms with Crippen molar-refractivity contribution in [1.82, 2.24) is 19.9 Å². The summed E-state index contributed by atoms with van der Waals surface area (Å²) in [6.45, 7) is 0. The molecule has 5 nitrogen and oxygen atoms in total. The van der Waals surface area contributed by atoms with Crippen LogP contribution in [0.5, 0.6) is 0 Å². The van der Waals surface area contributed by atoms with Gasteiger partial charge in [0.1, 0.15) is 0 Å². The van der Waals surface area contributed by atoms with Crippen LogP contribution < -0.4 is 0 Å². The van der Waals surface area contributed by atoms with E-state index >= 15 is 0 Å². The fraction of sp³-hybridized carbons (Fsp3) is 0. The molecule has 0 bridgehead atoms. The lowest BCUT2D eigenvalue weighted by Gasteiger charge is -2.08. The minimum atomic E-state index is 0.430. The molecule has 0 aliphatic heterocycles. The van der Waals surface area contributed by atoms with Gasteiger partial charge in [0.05, 0.1) is 6.21 Å². The summed E-state index contributed by atoms with van der Waals surface area (Å²) in [6.07, 6.45) is 5.32. The lowest BCUT2D eigenvalue weighted by atomic mass is 9.97. The Morgan fingerprint density at radius 3 is 2.32 bits per heavy atom. The van der Waals surface area contributed by atoms with Crippen molar-refractivity contribution in [3.05, 3.63) is 89.5 Å². The van der Waals surface area contributed by atoms with Crippen LogP contribution in [-0.2, 0) is 0 Å². The monoisotopic (exact) mass is 381 g/mol. The molecular formula is C22H15N5S. The van der Waals surface area contributed by atoms with E-state index in [2.05, 4.69) is 50.6 Å². The van der Waals surface area contributed by atoms with E-state index in [4.69, 9.17) is 12.2 Å². The first-order valence-corrected chi connectivity index (χ1v) is 9.25. The quantitative estimate of drug-likeness (QED) is 0.266. The molecule has 5 rings (SSSR count). The Labute approximate surface area is 166 Å². The summed E-state index contributed by atoms with van der Waals surface area (Å²) in [5.41, 5.74) is 1.89. The van der Waals surface area contributed by atoms with E-state index in [0.29, 0.717) is 10.6 Å². The summed E-state index contributed by atoms with van der Waals surface area (Å²) in [7, 11) is 0. The molecule has 0 radical (unpaired) electrons. The highest BCUT2D eigenvalue weighted by Crippen LogP contribution is 2.27. The first-order chi connectivity index (χ1) is 13.8. The number of aromatic nitrogens is 4. The first-order valence-electron chi connectivity index (χ1n) is 8.84. The second-order valence-electron chi connectivity index (χ2n) is 6.38. The van der Waals surface area contributed by atoms with E-state index in [0.717, 1.165) is 21.9 Å². The number of fused-ring (bicyclic) bond motifs is 2. The fourth-order valence-electron chi connectivity index (χ4n) is 3.38. The predicted octanol–water partition coefficient (Wildman–Crippen LogP) is 5.19. The summed E-state index contributed by atoms with van der Waals surface area (Å²) < 4.78 is 2.06. The SMILES string of the molecule is S=c1[nH]nc(-c2cccnc2)n1/N=C\c1c2ccccc2cc2ccccc12. The predicted molar refractivity (Wildman–Crippen MR) is 115 cm³/mol. The lowest BCUT2D eigenvalue weighted by molar-refractivity contribution is 0.871. The molecule has 0 saturated carbocycles. The zero-order valence-electron chi connectivity index (χ0n) is 14.8. The standard InChI is InChI=1S/C22H15N5S/c28-22-26-25-21(17-8-5-11-23-13-17)27(22)24-14-20-18-9-3-1-6-15(18)12-16-7-2-4-10-19(16)20/h1-14H,(H,26,28)/b24-14-. The number of benzene rings is 3. The molecule has 0 atom stereocenters. The maximum absolute atomic E-state index is 5.39. The molecule has 0 spiro atoms. The van der Waals surface area contributed by atoms with Crippen LogP contribution in [0.4, 0.5) is 0 Å². The molecule has 6 heteroatoms. The van der Waals surface area contributed by atoms with Crippen LogP contribution in [0.1, 0.15) is 5.56 Å². The smallest absolute Gasteiger partial charge is 0.216 e. The highest BCUT2D eigenvalue weighted by atomic mass is 32.1. The molecule has 28 heavy (non-hydrogen) atoms. The van der Waals surface area contributed by atoms with E-state index in [-0.39, 0.29) is 0 Å². The molecule has 1 N–H and O–H groups in total. The summed E-state index contributed by atoms with van der Waals surface area (Å²) in [4.78, 5) is 4.16. The average molecular weight is 381 g/mol. The molecule has 2 heterocycles. The average Bonchev–Trinajstić information content (AvgIpc) is 3.12. The number of H-pyrrole nitrogens is 1. The first kappa shape index (κ1) is 16.5. The molecule has 5 aromatic rings. The van der Waals surface area contributed by atoms with Gasteiger partial charge >= 0.3 is 0 Å². The molecule has 0 aliphatic rings. The van der Waals surface area contributed by atoms with Gasteiger partial charge in [-0.25, -0.2) is 5.10 Å². The summed E-state index contributed by atoms with van der Waals surface area (Å²) in [5.74, 6) is 0.624. The zero-order valence-corrected chi connectivity index (χ0v) is 15.6. The van der Waals surface area contributed by atoms with Crippen molar-refractivity contribution in [2.24, 2.45) is 5.10 Å². The van der Waals surface area contributed by atoms with Crippen molar-refractivity contribution in [2.45, 2.75) is 0 Å². The molecule has 0 aliphatic carbocycles. The van der Waals surface area contributed by atoms with Gasteiger partial charge in [-0.3, -0.25) is 4.98 Å². The van der Waals surface area contributed by atoms with Crippen molar-refractivity contribution < 1.29 is 0 Å². The Kier molecular flexibility index (Phi) is 4.03. The number of hydrogen-bond donors (Lipinski definition) is 1. The van der Waals surface area contributed by atoms with Gasteiger partial charge < -0.3 is 0 Å². The van der Waals surface area contributed by atoms with Crippen LogP contribution in [0.2, 0.25) is 0 Å². The number of nitrogens with one attached hydrogen (secondary N) is 1. The van der Waals surface area contributed by atoms with E-state index < -0.39 is 0 Å². The molecule has 134 valence electrons. The van der Waals surface area contributed by atoms with Crippen LogP contribution in [0, 0.1) is 4.77 Å². The van der Waals surface area contributed by atoms with E-state index in [1.54, 1.807) is 17.1 Å². The van der Waals surface area contributed by atoms with Gasteiger partial charge in [-0.1, -0.05) is 48.5 Å². The van der Waals surface area contributed by atoms with Crippen molar-refractivity contribution in [1.29, 1.82) is 0 Å². The maximum atomic E-state index is 5.39. The molecule has 0 fully saturated rings. The highest BCUT2D eigenvalue weighted by molar-refractivity contribution is 7.71. The van der Waals surface area contributed by atoms with Gasteiger partial charge in [0.2, 0.25) is 4.77 Å². The van der Waals surface area contributed by atoms with Crippen molar-refractivity contribution in [2.75, 3.05) is 0 Å². The molecule has 0 saturated heterocycles. The molecule has 2 aromatic heterocycles. The van der Waals surface area contributed by atoms with Crippen LogP contribution in [0.15, 0.2) is 84.2 Å². The molecule has 3 aromatic carbocycles. The van der Waals surface area contributed by atoms with Gasteiger partial charge in [-0.05, 0) is 52.0 Å². The summed E-state index contributed by atoms with van der Waals surface area (Å²) in [5, 5.41) is 16.4. The minimum Gasteiger partial charge on any atom is -0.264 e. The number of nitrogens with zero attached hydrogens (tertiary/aromatic N) is 4. The number of pyridine rings is 1. The number of aromatic amines is 1. The largest absolute Gasteiger partial charge is 0.264 e. The Balaban J connectivity index is 1.72.